The first-order valence-electron chi connectivity index (χ1n) is 9.91. The minimum absolute atomic E-state index is 0.0514. The third-order valence-corrected chi connectivity index (χ3v) is 4.63. The van der Waals surface area contributed by atoms with Gasteiger partial charge < -0.3 is 15.0 Å². The van der Waals surface area contributed by atoms with Crippen LogP contribution < -0.4 is 15.0 Å². The summed E-state index contributed by atoms with van der Waals surface area (Å²) < 4.78 is 5.41. The minimum atomic E-state index is -0.123. The van der Waals surface area contributed by atoms with Crippen molar-refractivity contribution in [1.29, 1.82) is 0 Å². The second-order valence-electron chi connectivity index (χ2n) is 6.56. The second-order valence-corrected chi connectivity index (χ2v) is 6.56. The van der Waals surface area contributed by atoms with Crippen LogP contribution in [0.3, 0.4) is 0 Å². The third kappa shape index (κ3) is 5.59. The van der Waals surface area contributed by atoms with Crippen LogP contribution in [0.2, 0.25) is 0 Å². The number of carbonyl (C=O) groups excluding carboxylic acids is 2. The molecule has 0 aliphatic heterocycles. The summed E-state index contributed by atoms with van der Waals surface area (Å²) in [6, 6.07) is 13.4. The van der Waals surface area contributed by atoms with E-state index in [4.69, 9.17) is 4.74 Å². The maximum atomic E-state index is 12.4. The first-order valence-corrected chi connectivity index (χ1v) is 9.91. The number of amides is 2. The molecule has 5 nitrogen and oxygen atoms in total. The van der Waals surface area contributed by atoms with E-state index in [0.29, 0.717) is 18.8 Å². The fraction of sp³-hybridized carbons (Fsp3) is 0.391. The van der Waals surface area contributed by atoms with Crippen LogP contribution in [0.15, 0.2) is 42.5 Å². The molecule has 2 aromatic carbocycles. The normalized spacial score (nSPS) is 10.4. The molecule has 1 N–H and O–H groups in total. The van der Waals surface area contributed by atoms with Crippen LogP contribution in [0, 0.1) is 0 Å². The standard InChI is InChI=1S/C23H30N2O3/c1-5-18-9-8-10-19(6-2)23(18)25(17(4)26)16-15-22(27)24-20-11-13-21(14-12-20)28-7-3/h8-14H,5-7,15-16H2,1-4H3,(H,24,27). The van der Waals surface area contributed by atoms with Gasteiger partial charge in [0.15, 0.2) is 0 Å². The Bertz CT molecular complexity index is 778. The van der Waals surface area contributed by atoms with E-state index in [2.05, 4.69) is 19.2 Å². The molecular formula is C23H30N2O3. The van der Waals surface area contributed by atoms with Crippen molar-refractivity contribution in [3.63, 3.8) is 0 Å². The molecule has 2 amide bonds. The summed E-state index contributed by atoms with van der Waals surface area (Å²) in [5.74, 6) is 0.596. The number of carbonyl (C=O) groups is 2. The zero-order chi connectivity index (χ0) is 20.5. The highest BCUT2D eigenvalue weighted by molar-refractivity contribution is 5.96. The van der Waals surface area contributed by atoms with Gasteiger partial charge in [-0.15, -0.1) is 0 Å². The van der Waals surface area contributed by atoms with Crippen molar-refractivity contribution >= 4 is 23.2 Å². The molecule has 0 aliphatic carbocycles. The van der Waals surface area contributed by atoms with E-state index in [1.54, 1.807) is 11.8 Å². The Morgan fingerprint density at radius 2 is 1.57 bits per heavy atom. The predicted molar refractivity (Wildman–Crippen MR) is 114 cm³/mol. The monoisotopic (exact) mass is 382 g/mol. The fourth-order valence-electron chi connectivity index (χ4n) is 3.23. The zero-order valence-electron chi connectivity index (χ0n) is 17.2. The summed E-state index contributed by atoms with van der Waals surface area (Å²) in [6.07, 6.45) is 1.91. The first kappa shape index (κ1) is 21.5. The molecule has 0 fully saturated rings. The number of hydrogen-bond acceptors (Lipinski definition) is 3. The molecule has 0 aliphatic rings. The van der Waals surface area contributed by atoms with Gasteiger partial charge in [0.1, 0.15) is 5.75 Å². The number of hydrogen-bond donors (Lipinski definition) is 1. The average Bonchev–Trinajstić information content (AvgIpc) is 2.69. The lowest BCUT2D eigenvalue weighted by molar-refractivity contribution is -0.117. The SMILES string of the molecule is CCOc1ccc(NC(=O)CCN(C(C)=O)c2c(CC)cccc2CC)cc1. The molecule has 0 atom stereocenters. The number of nitrogens with one attached hydrogen (secondary N) is 1. The van der Waals surface area contributed by atoms with Gasteiger partial charge in [-0.2, -0.15) is 0 Å². The van der Waals surface area contributed by atoms with Gasteiger partial charge in [0.05, 0.1) is 6.61 Å². The smallest absolute Gasteiger partial charge is 0.226 e. The lowest BCUT2D eigenvalue weighted by Gasteiger charge is -2.26. The van der Waals surface area contributed by atoms with Crippen LogP contribution in [0.25, 0.3) is 0 Å². The molecule has 2 rings (SSSR count). The van der Waals surface area contributed by atoms with Gasteiger partial charge >= 0.3 is 0 Å². The number of aryl methyl sites for hydroxylation is 2. The Morgan fingerprint density at radius 3 is 2.07 bits per heavy atom. The van der Waals surface area contributed by atoms with Crippen LogP contribution in [-0.2, 0) is 22.4 Å². The summed E-state index contributed by atoms with van der Waals surface area (Å²) in [7, 11) is 0. The van der Waals surface area contributed by atoms with Gasteiger partial charge in [-0.3, -0.25) is 9.59 Å². The van der Waals surface area contributed by atoms with Gasteiger partial charge in [0, 0.05) is 31.3 Å². The molecule has 0 radical (unpaired) electrons. The molecule has 0 saturated heterocycles. The van der Waals surface area contributed by atoms with Crippen molar-refractivity contribution in [1.82, 2.24) is 0 Å². The van der Waals surface area contributed by atoms with Gasteiger partial charge in [-0.25, -0.2) is 0 Å². The molecule has 0 bridgehead atoms. The molecule has 0 spiro atoms. The topological polar surface area (TPSA) is 58.6 Å². The highest BCUT2D eigenvalue weighted by Crippen LogP contribution is 2.27. The van der Waals surface area contributed by atoms with Crippen LogP contribution in [0.5, 0.6) is 5.75 Å². The molecule has 0 aromatic heterocycles. The van der Waals surface area contributed by atoms with E-state index in [1.165, 1.54) is 0 Å². The summed E-state index contributed by atoms with van der Waals surface area (Å²) in [4.78, 5) is 26.5. The number of anilines is 2. The third-order valence-electron chi connectivity index (χ3n) is 4.63. The number of nitrogens with zero attached hydrogens (tertiary/aromatic N) is 1. The average molecular weight is 383 g/mol. The summed E-state index contributed by atoms with van der Waals surface area (Å²) in [5, 5.41) is 2.88. The lowest BCUT2D eigenvalue weighted by atomic mass is 10.0. The van der Waals surface area contributed by atoms with Gasteiger partial charge in [-0.05, 0) is 55.2 Å². The van der Waals surface area contributed by atoms with Gasteiger partial charge in [0.25, 0.3) is 0 Å². The predicted octanol–water partition coefficient (Wildman–Crippen LogP) is 4.59. The van der Waals surface area contributed by atoms with Crippen LogP contribution >= 0.6 is 0 Å². The molecular weight excluding hydrogens is 352 g/mol. The van der Waals surface area contributed by atoms with Crippen LogP contribution in [0.4, 0.5) is 11.4 Å². The Morgan fingerprint density at radius 1 is 0.964 bits per heavy atom. The van der Waals surface area contributed by atoms with Gasteiger partial charge in [-0.1, -0.05) is 32.0 Å². The van der Waals surface area contributed by atoms with E-state index in [0.717, 1.165) is 35.4 Å². The largest absolute Gasteiger partial charge is 0.494 e. The Hall–Kier alpha value is -2.82. The van der Waals surface area contributed by atoms with Crippen molar-refractivity contribution in [3.8, 4) is 5.75 Å². The van der Waals surface area contributed by atoms with Crippen molar-refractivity contribution in [2.45, 2.75) is 47.0 Å². The summed E-state index contributed by atoms with van der Waals surface area (Å²) >= 11 is 0. The number of rotatable bonds is 9. The van der Waals surface area contributed by atoms with Crippen molar-refractivity contribution < 1.29 is 14.3 Å². The van der Waals surface area contributed by atoms with E-state index in [-0.39, 0.29) is 18.2 Å². The van der Waals surface area contributed by atoms with Crippen molar-refractivity contribution in [2.24, 2.45) is 0 Å². The molecule has 150 valence electrons. The molecule has 0 unspecified atom stereocenters. The van der Waals surface area contributed by atoms with E-state index in [9.17, 15) is 9.59 Å². The number of ether oxygens (including phenoxy) is 1. The highest BCUT2D eigenvalue weighted by Gasteiger charge is 2.19. The zero-order valence-corrected chi connectivity index (χ0v) is 17.2. The Labute approximate surface area is 167 Å². The molecule has 0 heterocycles. The first-order chi connectivity index (χ1) is 13.5. The van der Waals surface area contributed by atoms with Crippen LogP contribution in [-0.4, -0.2) is 25.0 Å². The molecule has 28 heavy (non-hydrogen) atoms. The van der Waals surface area contributed by atoms with Crippen LogP contribution in [0.1, 0.15) is 45.2 Å². The second kappa shape index (κ2) is 10.5. The van der Waals surface area contributed by atoms with Gasteiger partial charge in [0.2, 0.25) is 11.8 Å². The van der Waals surface area contributed by atoms with E-state index >= 15 is 0 Å². The number of para-hydroxylation sites is 1. The minimum Gasteiger partial charge on any atom is -0.494 e. The molecule has 2 aromatic rings. The van der Waals surface area contributed by atoms with Crippen molar-refractivity contribution in [2.75, 3.05) is 23.4 Å². The fourth-order valence-corrected chi connectivity index (χ4v) is 3.23. The van der Waals surface area contributed by atoms with Crippen molar-refractivity contribution in [3.05, 3.63) is 53.6 Å². The summed E-state index contributed by atoms with van der Waals surface area (Å²) in [5.41, 5.74) is 3.92. The Kier molecular flexibility index (Phi) is 8.05. The van der Waals surface area contributed by atoms with E-state index in [1.807, 2.05) is 49.4 Å². The molecule has 0 saturated carbocycles. The highest BCUT2D eigenvalue weighted by atomic mass is 16.5. The lowest BCUT2D eigenvalue weighted by Crippen LogP contribution is -2.33. The Balaban J connectivity index is 2.08. The quantitative estimate of drug-likeness (QED) is 0.690. The van der Waals surface area contributed by atoms with E-state index < -0.39 is 0 Å². The maximum absolute atomic E-state index is 12.4. The number of benzene rings is 2. The maximum Gasteiger partial charge on any atom is 0.226 e. The summed E-state index contributed by atoms with van der Waals surface area (Å²) in [6.45, 7) is 8.59. The molecule has 5 heteroatoms.